The Labute approximate surface area is 119 Å². The molecule has 0 aliphatic carbocycles. The third-order valence-electron chi connectivity index (χ3n) is 2.44. The summed E-state index contributed by atoms with van der Waals surface area (Å²) in [6, 6.07) is 0. The zero-order chi connectivity index (χ0) is 14.7. The van der Waals surface area contributed by atoms with Crippen molar-refractivity contribution in [2.45, 2.75) is 6.54 Å². The van der Waals surface area contributed by atoms with Crippen LogP contribution in [0.4, 0.5) is 8.78 Å². The molecule has 2 N–H and O–H groups in total. The molecule has 20 heavy (non-hydrogen) atoms. The van der Waals surface area contributed by atoms with Gasteiger partial charge in [0.15, 0.2) is 5.82 Å². The summed E-state index contributed by atoms with van der Waals surface area (Å²) >= 11 is 3.11. The molecule has 106 valence electrons. The molecule has 2 aromatic rings. The van der Waals surface area contributed by atoms with Gasteiger partial charge in [-0.25, -0.2) is 24.0 Å². The zero-order valence-corrected chi connectivity index (χ0v) is 11.6. The Morgan fingerprint density at radius 3 is 2.65 bits per heavy atom. The molecule has 0 aliphatic rings. The number of nitrogens with zero attached hydrogens (tertiary/aromatic N) is 5. The van der Waals surface area contributed by atoms with E-state index in [2.05, 4.69) is 31.0 Å². The SMILES string of the molecule is NCC(Cn1ncn(-c2cnc(Br)cn2)c1=O)=C(F)F. The number of hydrogen-bond donors (Lipinski definition) is 1. The molecular weight excluding hydrogens is 338 g/mol. The van der Waals surface area contributed by atoms with E-state index < -0.39 is 11.8 Å². The molecule has 2 heterocycles. The Morgan fingerprint density at radius 2 is 2.10 bits per heavy atom. The fourth-order valence-electron chi connectivity index (χ4n) is 1.41. The molecule has 0 saturated carbocycles. The van der Waals surface area contributed by atoms with Gasteiger partial charge >= 0.3 is 5.69 Å². The van der Waals surface area contributed by atoms with Crippen LogP contribution in [0.1, 0.15) is 0 Å². The minimum atomic E-state index is -1.91. The van der Waals surface area contributed by atoms with Crippen LogP contribution in [-0.4, -0.2) is 30.9 Å². The Bertz CT molecular complexity index is 689. The van der Waals surface area contributed by atoms with E-state index in [0.29, 0.717) is 4.60 Å². The predicted molar refractivity (Wildman–Crippen MR) is 69.4 cm³/mol. The Morgan fingerprint density at radius 1 is 1.35 bits per heavy atom. The molecule has 0 aromatic carbocycles. The first-order valence-corrected chi connectivity index (χ1v) is 6.17. The summed E-state index contributed by atoms with van der Waals surface area (Å²) in [4.78, 5) is 19.9. The van der Waals surface area contributed by atoms with Crippen LogP contribution in [0.2, 0.25) is 0 Å². The fraction of sp³-hybridized carbons (Fsp3) is 0.200. The number of nitrogens with two attached hydrogens (primary N) is 1. The van der Waals surface area contributed by atoms with E-state index in [-0.39, 0.29) is 24.5 Å². The third-order valence-corrected chi connectivity index (χ3v) is 2.85. The fourth-order valence-corrected chi connectivity index (χ4v) is 1.62. The number of rotatable bonds is 4. The van der Waals surface area contributed by atoms with Crippen molar-refractivity contribution in [3.05, 3.63) is 45.5 Å². The number of aromatic nitrogens is 5. The standard InChI is InChI=1S/C10H9BrF2N6O/c11-7-2-16-8(3-15-7)18-5-17-19(10(18)20)4-6(1-14)9(12)13/h2-3,5H,1,4,14H2. The maximum atomic E-state index is 12.5. The minimum Gasteiger partial charge on any atom is -0.327 e. The molecule has 0 atom stereocenters. The summed E-state index contributed by atoms with van der Waals surface area (Å²) in [5.74, 6) is 0.239. The van der Waals surface area contributed by atoms with Gasteiger partial charge in [-0.15, -0.1) is 0 Å². The first kappa shape index (κ1) is 14.5. The lowest BCUT2D eigenvalue weighted by Crippen LogP contribution is -2.26. The van der Waals surface area contributed by atoms with Crippen molar-refractivity contribution in [1.82, 2.24) is 24.3 Å². The highest BCUT2D eigenvalue weighted by Gasteiger charge is 2.12. The predicted octanol–water partition coefficient (Wildman–Crippen LogP) is 0.696. The number of halogens is 3. The van der Waals surface area contributed by atoms with Crippen molar-refractivity contribution in [2.75, 3.05) is 6.54 Å². The highest BCUT2D eigenvalue weighted by molar-refractivity contribution is 9.10. The Kier molecular flexibility index (Phi) is 4.35. The second-order valence-corrected chi connectivity index (χ2v) is 4.52. The van der Waals surface area contributed by atoms with Gasteiger partial charge in [-0.05, 0) is 15.9 Å². The van der Waals surface area contributed by atoms with Crippen LogP contribution < -0.4 is 11.4 Å². The summed E-state index contributed by atoms with van der Waals surface area (Å²) in [6.07, 6.45) is 2.04. The van der Waals surface area contributed by atoms with Crippen LogP contribution >= 0.6 is 15.9 Å². The normalized spacial score (nSPS) is 10.6. The van der Waals surface area contributed by atoms with E-state index >= 15 is 0 Å². The van der Waals surface area contributed by atoms with Crippen molar-refractivity contribution in [2.24, 2.45) is 5.73 Å². The molecule has 2 rings (SSSR count). The van der Waals surface area contributed by atoms with Crippen molar-refractivity contribution in [3.63, 3.8) is 0 Å². The maximum Gasteiger partial charge on any atom is 0.351 e. The van der Waals surface area contributed by atoms with Gasteiger partial charge < -0.3 is 5.73 Å². The molecule has 0 bridgehead atoms. The van der Waals surface area contributed by atoms with E-state index in [9.17, 15) is 13.6 Å². The largest absolute Gasteiger partial charge is 0.351 e. The van der Waals surface area contributed by atoms with Crippen molar-refractivity contribution < 1.29 is 8.78 Å². The smallest absolute Gasteiger partial charge is 0.327 e. The van der Waals surface area contributed by atoms with Gasteiger partial charge in [0.05, 0.1) is 18.9 Å². The first-order chi connectivity index (χ1) is 9.52. The lowest BCUT2D eigenvalue weighted by Gasteiger charge is -2.02. The molecular formula is C10H9BrF2N6O. The second-order valence-electron chi connectivity index (χ2n) is 3.71. The summed E-state index contributed by atoms with van der Waals surface area (Å²) in [7, 11) is 0. The van der Waals surface area contributed by atoms with Crippen molar-refractivity contribution in [1.29, 1.82) is 0 Å². The highest BCUT2D eigenvalue weighted by atomic mass is 79.9. The molecule has 2 aromatic heterocycles. The molecule has 0 radical (unpaired) electrons. The van der Waals surface area contributed by atoms with Crippen LogP contribution in [0.5, 0.6) is 0 Å². The first-order valence-electron chi connectivity index (χ1n) is 5.38. The van der Waals surface area contributed by atoms with Crippen LogP contribution in [0.25, 0.3) is 5.82 Å². The van der Waals surface area contributed by atoms with Gasteiger partial charge in [0.25, 0.3) is 6.08 Å². The topological polar surface area (TPSA) is 91.6 Å². The van der Waals surface area contributed by atoms with E-state index in [0.717, 1.165) is 9.25 Å². The van der Waals surface area contributed by atoms with E-state index in [1.807, 2.05) is 0 Å². The van der Waals surface area contributed by atoms with E-state index in [1.54, 1.807) is 0 Å². The van der Waals surface area contributed by atoms with E-state index in [1.165, 1.54) is 18.7 Å². The molecule has 7 nitrogen and oxygen atoms in total. The summed E-state index contributed by atoms with van der Waals surface area (Å²) < 4.78 is 27.5. The summed E-state index contributed by atoms with van der Waals surface area (Å²) in [5.41, 5.74) is 4.24. The van der Waals surface area contributed by atoms with E-state index in [4.69, 9.17) is 5.73 Å². The maximum absolute atomic E-state index is 12.5. The van der Waals surface area contributed by atoms with Crippen molar-refractivity contribution >= 4 is 15.9 Å². The monoisotopic (exact) mass is 346 g/mol. The Balaban J connectivity index is 2.35. The molecule has 0 aliphatic heterocycles. The minimum absolute atomic E-state index is 0.239. The third kappa shape index (κ3) is 2.96. The van der Waals surface area contributed by atoms with Gasteiger partial charge in [0.2, 0.25) is 0 Å². The molecule has 0 fully saturated rings. The van der Waals surface area contributed by atoms with Crippen LogP contribution in [0, 0.1) is 0 Å². The lowest BCUT2D eigenvalue weighted by atomic mass is 10.3. The molecule has 0 saturated heterocycles. The van der Waals surface area contributed by atoms with Crippen molar-refractivity contribution in [3.8, 4) is 5.82 Å². The van der Waals surface area contributed by atoms with Gasteiger partial charge in [-0.3, -0.25) is 0 Å². The van der Waals surface area contributed by atoms with Crippen LogP contribution in [0.15, 0.2) is 39.8 Å². The average Bonchev–Trinajstić information content (AvgIpc) is 2.78. The van der Waals surface area contributed by atoms with Crippen LogP contribution in [-0.2, 0) is 6.54 Å². The molecule has 0 spiro atoms. The molecule has 10 heteroatoms. The second kappa shape index (κ2) is 6.01. The molecule has 0 amide bonds. The van der Waals surface area contributed by atoms with Gasteiger partial charge in [0.1, 0.15) is 10.9 Å². The van der Waals surface area contributed by atoms with Gasteiger partial charge in [0, 0.05) is 12.1 Å². The quantitative estimate of drug-likeness (QED) is 0.879. The molecule has 0 unspecified atom stereocenters. The Hall–Kier alpha value is -1.94. The number of hydrogen-bond acceptors (Lipinski definition) is 5. The van der Waals surface area contributed by atoms with Gasteiger partial charge in [-0.2, -0.15) is 13.9 Å². The zero-order valence-electron chi connectivity index (χ0n) is 10.0. The average molecular weight is 347 g/mol. The summed E-state index contributed by atoms with van der Waals surface area (Å²) in [6.45, 7) is -0.714. The summed E-state index contributed by atoms with van der Waals surface area (Å²) in [5, 5.41) is 3.75. The highest BCUT2D eigenvalue weighted by Crippen LogP contribution is 2.08. The van der Waals surface area contributed by atoms with Gasteiger partial charge in [-0.1, -0.05) is 0 Å². The van der Waals surface area contributed by atoms with Crippen LogP contribution in [0.3, 0.4) is 0 Å². The lowest BCUT2D eigenvalue weighted by molar-refractivity contribution is 0.400.